The Morgan fingerprint density at radius 3 is 2.79 bits per heavy atom. The summed E-state index contributed by atoms with van der Waals surface area (Å²) in [4.78, 5) is 35.7. The summed E-state index contributed by atoms with van der Waals surface area (Å²) in [6.07, 6.45) is 2.25. The fourth-order valence-corrected chi connectivity index (χ4v) is 3.74. The Balaban J connectivity index is 1.30. The van der Waals surface area contributed by atoms with Gasteiger partial charge in [0.1, 0.15) is 10.5 Å². The number of carbonyl (C=O) groups excluding carboxylic acids is 1. The molecule has 1 aliphatic heterocycles. The van der Waals surface area contributed by atoms with Gasteiger partial charge in [0.25, 0.3) is 5.56 Å². The van der Waals surface area contributed by atoms with Gasteiger partial charge >= 0.3 is 0 Å². The fraction of sp³-hybridized carbons (Fsp3) is 0.562. The number of hydrogen-bond donors (Lipinski definition) is 2. The van der Waals surface area contributed by atoms with Gasteiger partial charge in [0.15, 0.2) is 0 Å². The van der Waals surface area contributed by atoms with Gasteiger partial charge in [0.05, 0.1) is 18.6 Å². The molecule has 4 rings (SSSR count). The summed E-state index contributed by atoms with van der Waals surface area (Å²) in [6, 6.07) is 2.31. The first kappa shape index (κ1) is 15.7. The van der Waals surface area contributed by atoms with E-state index in [2.05, 4.69) is 25.1 Å². The van der Waals surface area contributed by atoms with Gasteiger partial charge in [-0.15, -0.1) is 11.3 Å². The molecule has 2 aromatic rings. The average Bonchev–Trinajstić information content (AvgIpc) is 3.22. The third-order valence-corrected chi connectivity index (χ3v) is 5.41. The van der Waals surface area contributed by atoms with Crippen molar-refractivity contribution in [2.24, 2.45) is 0 Å². The highest BCUT2D eigenvalue weighted by Crippen LogP contribution is 2.18. The van der Waals surface area contributed by atoms with Crippen molar-refractivity contribution in [1.82, 2.24) is 25.1 Å². The predicted molar refractivity (Wildman–Crippen MR) is 93.1 cm³/mol. The fourth-order valence-electron chi connectivity index (χ4n) is 3.02. The maximum absolute atomic E-state index is 12.0. The molecule has 0 spiro atoms. The molecule has 1 aliphatic carbocycles. The molecule has 0 radical (unpaired) electrons. The highest BCUT2D eigenvalue weighted by atomic mass is 32.1. The van der Waals surface area contributed by atoms with E-state index in [1.54, 1.807) is 0 Å². The van der Waals surface area contributed by atoms with E-state index in [1.165, 1.54) is 11.3 Å². The minimum atomic E-state index is -0.0552. The molecule has 2 N–H and O–H groups in total. The normalized spacial score (nSPS) is 19.7. The third kappa shape index (κ3) is 3.66. The van der Waals surface area contributed by atoms with E-state index in [-0.39, 0.29) is 11.5 Å². The number of rotatable bonds is 5. The van der Waals surface area contributed by atoms with Crippen LogP contribution in [0, 0.1) is 0 Å². The highest BCUT2D eigenvalue weighted by Gasteiger charge is 2.25. The maximum Gasteiger partial charge on any atom is 0.268 e. The van der Waals surface area contributed by atoms with Crippen LogP contribution in [-0.4, -0.2) is 64.4 Å². The van der Waals surface area contributed by atoms with Gasteiger partial charge in [0.2, 0.25) is 5.91 Å². The highest BCUT2D eigenvalue weighted by molar-refractivity contribution is 7.17. The van der Waals surface area contributed by atoms with Crippen molar-refractivity contribution < 1.29 is 4.79 Å². The number of aromatic amines is 1. The Kier molecular flexibility index (Phi) is 4.34. The molecule has 0 aromatic carbocycles. The van der Waals surface area contributed by atoms with Gasteiger partial charge in [-0.3, -0.25) is 19.4 Å². The molecule has 2 aliphatic rings. The monoisotopic (exact) mass is 347 g/mol. The van der Waals surface area contributed by atoms with E-state index in [0.717, 1.165) is 44.5 Å². The second-order valence-electron chi connectivity index (χ2n) is 6.54. The van der Waals surface area contributed by atoms with E-state index in [0.29, 0.717) is 29.7 Å². The number of hydrogen-bond acceptors (Lipinski definition) is 6. The Hall–Kier alpha value is -1.77. The van der Waals surface area contributed by atoms with Gasteiger partial charge in [-0.2, -0.15) is 0 Å². The number of fused-ring (bicyclic) bond motifs is 1. The third-order valence-electron chi connectivity index (χ3n) is 4.51. The molecule has 0 unspecified atom stereocenters. The van der Waals surface area contributed by atoms with E-state index in [4.69, 9.17) is 0 Å². The molecule has 2 fully saturated rings. The lowest BCUT2D eigenvalue weighted by atomic mass is 10.3. The quantitative estimate of drug-likeness (QED) is 0.817. The molecule has 2 aromatic heterocycles. The van der Waals surface area contributed by atoms with Crippen molar-refractivity contribution in [2.75, 3.05) is 32.7 Å². The van der Waals surface area contributed by atoms with Crippen LogP contribution in [0.5, 0.6) is 0 Å². The topological polar surface area (TPSA) is 81.3 Å². The van der Waals surface area contributed by atoms with Crippen molar-refractivity contribution >= 4 is 27.5 Å². The van der Waals surface area contributed by atoms with Crippen LogP contribution >= 0.6 is 11.3 Å². The molecule has 8 heteroatoms. The zero-order chi connectivity index (χ0) is 16.5. The molecule has 1 saturated carbocycles. The van der Waals surface area contributed by atoms with Crippen molar-refractivity contribution in [1.29, 1.82) is 0 Å². The van der Waals surface area contributed by atoms with Crippen LogP contribution in [0.4, 0.5) is 0 Å². The lowest BCUT2D eigenvalue weighted by Gasteiger charge is -2.33. The molecule has 1 saturated heterocycles. The predicted octanol–water partition coefficient (Wildman–Crippen LogP) is 0.381. The van der Waals surface area contributed by atoms with Crippen LogP contribution < -0.4 is 10.9 Å². The Bertz CT molecular complexity index is 789. The molecule has 128 valence electrons. The standard InChI is InChI=1S/C16H21N5O2S/c22-14(17-11-1-2-11)10-21-6-4-20(5-7-21)9-13-18-12-3-8-24-15(12)16(23)19-13/h3,8,11H,1-2,4-7,9-10H2,(H,17,22)(H,18,19,23). The number of piperazine rings is 1. The zero-order valence-corrected chi connectivity index (χ0v) is 14.3. The Morgan fingerprint density at radius 2 is 2.04 bits per heavy atom. The van der Waals surface area contributed by atoms with Crippen LogP contribution in [0.2, 0.25) is 0 Å². The lowest BCUT2D eigenvalue weighted by molar-refractivity contribution is -0.122. The summed E-state index contributed by atoms with van der Waals surface area (Å²) >= 11 is 1.42. The molecule has 7 nitrogen and oxygen atoms in total. The first-order valence-corrected chi connectivity index (χ1v) is 9.26. The first-order valence-electron chi connectivity index (χ1n) is 8.38. The number of thiophene rings is 1. The minimum absolute atomic E-state index is 0.0552. The summed E-state index contributed by atoms with van der Waals surface area (Å²) in [7, 11) is 0. The average molecular weight is 347 g/mol. The van der Waals surface area contributed by atoms with E-state index >= 15 is 0 Å². The maximum atomic E-state index is 12.0. The van der Waals surface area contributed by atoms with Crippen LogP contribution in [-0.2, 0) is 11.3 Å². The van der Waals surface area contributed by atoms with E-state index < -0.39 is 0 Å². The molecule has 3 heterocycles. The van der Waals surface area contributed by atoms with Gasteiger partial charge in [-0.25, -0.2) is 4.98 Å². The second kappa shape index (κ2) is 6.62. The number of aromatic nitrogens is 2. The minimum Gasteiger partial charge on any atom is -0.352 e. The van der Waals surface area contributed by atoms with Crippen LogP contribution in [0.3, 0.4) is 0 Å². The Morgan fingerprint density at radius 1 is 1.29 bits per heavy atom. The number of nitrogens with zero attached hydrogens (tertiary/aromatic N) is 3. The van der Waals surface area contributed by atoms with Gasteiger partial charge in [-0.05, 0) is 24.3 Å². The Labute approximate surface area is 143 Å². The largest absolute Gasteiger partial charge is 0.352 e. The molecule has 1 amide bonds. The molecular formula is C16H21N5O2S. The number of H-pyrrole nitrogens is 1. The molecule has 0 bridgehead atoms. The zero-order valence-electron chi connectivity index (χ0n) is 13.5. The van der Waals surface area contributed by atoms with Crippen molar-refractivity contribution in [3.8, 4) is 0 Å². The smallest absolute Gasteiger partial charge is 0.268 e. The molecule has 0 atom stereocenters. The van der Waals surface area contributed by atoms with E-state index in [1.807, 2.05) is 11.4 Å². The number of amides is 1. The lowest BCUT2D eigenvalue weighted by Crippen LogP contribution is -2.49. The number of carbonyl (C=O) groups is 1. The SMILES string of the molecule is O=C(CN1CCN(Cc2nc3ccsc3c(=O)[nH]2)CC1)NC1CC1. The van der Waals surface area contributed by atoms with Crippen LogP contribution in [0.1, 0.15) is 18.7 Å². The summed E-state index contributed by atoms with van der Waals surface area (Å²) in [5.41, 5.74) is 0.717. The summed E-state index contributed by atoms with van der Waals surface area (Å²) in [5.74, 6) is 0.852. The number of nitrogens with one attached hydrogen (secondary N) is 2. The van der Waals surface area contributed by atoms with E-state index in [9.17, 15) is 9.59 Å². The van der Waals surface area contributed by atoms with Crippen molar-refractivity contribution in [3.63, 3.8) is 0 Å². The van der Waals surface area contributed by atoms with Crippen molar-refractivity contribution in [2.45, 2.75) is 25.4 Å². The molecule has 24 heavy (non-hydrogen) atoms. The summed E-state index contributed by atoms with van der Waals surface area (Å²) in [5, 5.41) is 4.92. The van der Waals surface area contributed by atoms with Gasteiger partial charge in [0, 0.05) is 32.2 Å². The summed E-state index contributed by atoms with van der Waals surface area (Å²) < 4.78 is 0.685. The van der Waals surface area contributed by atoms with Crippen molar-refractivity contribution in [3.05, 3.63) is 27.6 Å². The first-order chi connectivity index (χ1) is 11.7. The summed E-state index contributed by atoms with van der Waals surface area (Å²) in [6.45, 7) is 4.61. The van der Waals surface area contributed by atoms with Crippen LogP contribution in [0.25, 0.3) is 10.2 Å². The van der Waals surface area contributed by atoms with Gasteiger partial charge < -0.3 is 10.3 Å². The van der Waals surface area contributed by atoms with Crippen LogP contribution in [0.15, 0.2) is 16.2 Å². The second-order valence-corrected chi connectivity index (χ2v) is 7.46. The van der Waals surface area contributed by atoms with Gasteiger partial charge in [-0.1, -0.05) is 0 Å². The molecular weight excluding hydrogens is 326 g/mol.